The van der Waals surface area contributed by atoms with E-state index in [4.69, 9.17) is 10.6 Å². The molecule has 3 N–H and O–H groups in total. The van der Waals surface area contributed by atoms with Gasteiger partial charge in [0.25, 0.3) is 5.91 Å². The van der Waals surface area contributed by atoms with Gasteiger partial charge in [0.2, 0.25) is 0 Å². The summed E-state index contributed by atoms with van der Waals surface area (Å²) in [6.07, 6.45) is 0. The van der Waals surface area contributed by atoms with Gasteiger partial charge in [-0.25, -0.2) is 10.8 Å². The first kappa shape index (κ1) is 13.0. The Hall–Kier alpha value is -2.40. The number of hydrogen-bond donors (Lipinski definition) is 2. The van der Waals surface area contributed by atoms with Gasteiger partial charge in [-0.1, -0.05) is 18.2 Å². The quantitative estimate of drug-likeness (QED) is 0.495. The Balaban J connectivity index is 2.05. The second-order valence-electron chi connectivity index (χ2n) is 4.09. The van der Waals surface area contributed by atoms with E-state index in [2.05, 4.69) is 4.98 Å². The first-order chi connectivity index (χ1) is 9.19. The molecule has 0 unspecified atom stereocenters. The lowest BCUT2D eigenvalue weighted by atomic mass is 10.2. The molecule has 19 heavy (non-hydrogen) atoms. The van der Waals surface area contributed by atoms with Crippen LogP contribution in [-0.4, -0.2) is 10.9 Å². The van der Waals surface area contributed by atoms with Gasteiger partial charge in [-0.3, -0.25) is 10.2 Å². The number of nitrogens with two attached hydrogens (primary N) is 1. The van der Waals surface area contributed by atoms with E-state index in [-0.39, 0.29) is 5.69 Å². The minimum absolute atomic E-state index is 0.271. The van der Waals surface area contributed by atoms with Gasteiger partial charge in [-0.2, -0.15) is 0 Å². The van der Waals surface area contributed by atoms with Gasteiger partial charge in [0, 0.05) is 0 Å². The van der Waals surface area contributed by atoms with Crippen LogP contribution in [0.25, 0.3) is 0 Å². The first-order valence-corrected chi connectivity index (χ1v) is 5.85. The van der Waals surface area contributed by atoms with Crippen LogP contribution in [0.1, 0.15) is 21.7 Å². The minimum Gasteiger partial charge on any atom is -0.487 e. The lowest BCUT2D eigenvalue weighted by Crippen LogP contribution is -2.30. The minimum atomic E-state index is -0.419. The molecule has 0 bridgehead atoms. The number of carbonyl (C=O) groups is 1. The summed E-state index contributed by atoms with van der Waals surface area (Å²) in [4.78, 5) is 15.5. The molecule has 0 aliphatic rings. The van der Waals surface area contributed by atoms with Crippen molar-refractivity contribution in [2.45, 2.75) is 13.5 Å². The smallest absolute Gasteiger partial charge is 0.283 e. The second-order valence-corrected chi connectivity index (χ2v) is 4.09. The Labute approximate surface area is 111 Å². The molecule has 1 heterocycles. The summed E-state index contributed by atoms with van der Waals surface area (Å²) in [5, 5.41) is 0. The van der Waals surface area contributed by atoms with Crippen LogP contribution in [-0.2, 0) is 6.61 Å². The highest BCUT2D eigenvalue weighted by Crippen LogP contribution is 2.14. The third kappa shape index (κ3) is 3.53. The summed E-state index contributed by atoms with van der Waals surface area (Å²) < 4.78 is 5.62. The predicted octanol–water partition coefficient (Wildman–Crippen LogP) is 1.57. The van der Waals surface area contributed by atoms with Crippen molar-refractivity contribution >= 4 is 5.91 Å². The molecule has 0 spiro atoms. The summed E-state index contributed by atoms with van der Waals surface area (Å²) >= 11 is 0. The fraction of sp³-hybridized carbons (Fsp3) is 0.143. The molecule has 0 radical (unpaired) electrons. The van der Waals surface area contributed by atoms with Gasteiger partial charge >= 0.3 is 0 Å². The van der Waals surface area contributed by atoms with Crippen molar-refractivity contribution in [3.05, 3.63) is 59.4 Å². The summed E-state index contributed by atoms with van der Waals surface area (Å²) in [5.74, 6) is 5.42. The Bertz CT molecular complexity index is 584. The number of hydrogen-bond acceptors (Lipinski definition) is 4. The predicted molar refractivity (Wildman–Crippen MR) is 71.4 cm³/mol. The molecule has 1 amide bonds. The van der Waals surface area contributed by atoms with Crippen molar-refractivity contribution in [3.63, 3.8) is 0 Å². The average molecular weight is 257 g/mol. The number of nitrogens with zero attached hydrogens (tertiary/aromatic N) is 1. The standard InChI is InChI=1S/C14H15N3O2/c1-10-4-2-6-12(8-10)19-9-11-5-3-7-13(16-11)14(18)17-15/h2-8H,9,15H2,1H3,(H,17,18). The van der Waals surface area contributed by atoms with Crippen LogP contribution in [0.4, 0.5) is 0 Å². The van der Waals surface area contributed by atoms with Crippen LogP contribution in [0.3, 0.4) is 0 Å². The molecular formula is C14H15N3O2. The fourth-order valence-corrected chi connectivity index (χ4v) is 1.62. The molecule has 5 nitrogen and oxygen atoms in total. The molecule has 0 saturated carbocycles. The first-order valence-electron chi connectivity index (χ1n) is 5.85. The summed E-state index contributed by atoms with van der Waals surface area (Å²) in [5.41, 5.74) is 4.11. The molecule has 0 aliphatic heterocycles. The number of aromatic nitrogens is 1. The lowest BCUT2D eigenvalue weighted by Gasteiger charge is -2.07. The van der Waals surface area contributed by atoms with Crippen molar-refractivity contribution in [1.29, 1.82) is 0 Å². The number of pyridine rings is 1. The zero-order chi connectivity index (χ0) is 13.7. The molecule has 98 valence electrons. The highest BCUT2D eigenvalue weighted by Gasteiger charge is 2.06. The largest absolute Gasteiger partial charge is 0.487 e. The maximum Gasteiger partial charge on any atom is 0.283 e. The zero-order valence-corrected chi connectivity index (χ0v) is 10.6. The van der Waals surface area contributed by atoms with Crippen LogP contribution in [0.2, 0.25) is 0 Å². The second kappa shape index (κ2) is 5.97. The molecule has 5 heteroatoms. The third-order valence-electron chi connectivity index (χ3n) is 2.55. The number of carbonyl (C=O) groups excluding carboxylic acids is 1. The van der Waals surface area contributed by atoms with E-state index in [0.717, 1.165) is 11.3 Å². The van der Waals surface area contributed by atoms with Crippen molar-refractivity contribution in [1.82, 2.24) is 10.4 Å². The highest BCUT2D eigenvalue weighted by molar-refractivity contribution is 5.91. The molecule has 0 aliphatic carbocycles. The van der Waals surface area contributed by atoms with Crippen molar-refractivity contribution < 1.29 is 9.53 Å². The Morgan fingerprint density at radius 3 is 2.84 bits per heavy atom. The Kier molecular flexibility index (Phi) is 4.10. The number of benzene rings is 1. The fourth-order valence-electron chi connectivity index (χ4n) is 1.62. The number of aryl methyl sites for hydroxylation is 1. The maximum absolute atomic E-state index is 11.3. The summed E-state index contributed by atoms with van der Waals surface area (Å²) in [6, 6.07) is 12.9. The molecule has 1 aromatic carbocycles. The van der Waals surface area contributed by atoms with Gasteiger partial charge in [-0.05, 0) is 36.8 Å². The molecule has 0 atom stereocenters. The van der Waals surface area contributed by atoms with E-state index >= 15 is 0 Å². The number of ether oxygens (including phenoxy) is 1. The molecule has 2 rings (SSSR count). The Morgan fingerprint density at radius 1 is 1.32 bits per heavy atom. The van der Waals surface area contributed by atoms with Crippen molar-refractivity contribution in [2.24, 2.45) is 5.84 Å². The molecule has 0 fully saturated rings. The van der Waals surface area contributed by atoms with E-state index in [1.165, 1.54) is 0 Å². The van der Waals surface area contributed by atoms with E-state index < -0.39 is 5.91 Å². The monoisotopic (exact) mass is 257 g/mol. The summed E-state index contributed by atoms with van der Waals surface area (Å²) in [6.45, 7) is 2.30. The maximum atomic E-state index is 11.3. The number of amides is 1. The van der Waals surface area contributed by atoms with E-state index in [1.54, 1.807) is 18.2 Å². The molecule has 0 saturated heterocycles. The average Bonchev–Trinajstić information content (AvgIpc) is 2.45. The van der Waals surface area contributed by atoms with Crippen LogP contribution in [0.5, 0.6) is 5.75 Å². The molecule has 2 aromatic rings. The normalized spacial score (nSPS) is 10.0. The number of nitrogens with one attached hydrogen (secondary N) is 1. The van der Waals surface area contributed by atoms with Gasteiger partial charge in [0.15, 0.2) is 0 Å². The van der Waals surface area contributed by atoms with E-state index in [0.29, 0.717) is 12.3 Å². The van der Waals surface area contributed by atoms with Crippen LogP contribution >= 0.6 is 0 Å². The zero-order valence-electron chi connectivity index (χ0n) is 10.6. The van der Waals surface area contributed by atoms with Gasteiger partial charge in [0.05, 0.1) is 5.69 Å². The number of rotatable bonds is 4. The van der Waals surface area contributed by atoms with Gasteiger partial charge in [0.1, 0.15) is 18.1 Å². The number of nitrogen functional groups attached to an aromatic ring is 1. The van der Waals surface area contributed by atoms with Crippen molar-refractivity contribution in [3.8, 4) is 5.75 Å². The molecular weight excluding hydrogens is 242 g/mol. The van der Waals surface area contributed by atoms with Crippen molar-refractivity contribution in [2.75, 3.05) is 0 Å². The third-order valence-corrected chi connectivity index (χ3v) is 2.55. The van der Waals surface area contributed by atoms with Crippen LogP contribution < -0.4 is 16.0 Å². The number of hydrazine groups is 1. The van der Waals surface area contributed by atoms with E-state index in [1.807, 2.05) is 36.6 Å². The van der Waals surface area contributed by atoms with E-state index in [9.17, 15) is 4.79 Å². The van der Waals surface area contributed by atoms with Gasteiger partial charge in [-0.15, -0.1) is 0 Å². The highest BCUT2D eigenvalue weighted by atomic mass is 16.5. The Morgan fingerprint density at radius 2 is 2.11 bits per heavy atom. The molecule has 1 aromatic heterocycles. The summed E-state index contributed by atoms with van der Waals surface area (Å²) in [7, 11) is 0. The van der Waals surface area contributed by atoms with Crippen LogP contribution in [0, 0.1) is 6.92 Å². The van der Waals surface area contributed by atoms with Crippen LogP contribution in [0.15, 0.2) is 42.5 Å². The lowest BCUT2D eigenvalue weighted by molar-refractivity contribution is 0.0948. The SMILES string of the molecule is Cc1cccc(OCc2cccc(C(=O)NN)n2)c1. The van der Waals surface area contributed by atoms with Gasteiger partial charge < -0.3 is 4.74 Å². The topological polar surface area (TPSA) is 77.2 Å².